The normalized spacial score (nSPS) is 12.9. The van der Waals surface area contributed by atoms with Crippen LogP contribution in [0.3, 0.4) is 0 Å². The molecule has 1 atom stereocenters. The van der Waals surface area contributed by atoms with Crippen LogP contribution >= 0.6 is 0 Å². The fraction of sp³-hybridized carbons (Fsp3) is 0.571. The minimum atomic E-state index is 0.551. The van der Waals surface area contributed by atoms with Gasteiger partial charge in [-0.15, -0.1) is 0 Å². The van der Waals surface area contributed by atoms with Gasteiger partial charge in [0.05, 0.1) is 7.11 Å². The molecule has 0 amide bonds. The number of rotatable bonds is 5. The number of hydrogen-bond acceptors (Lipinski definition) is 2. The van der Waals surface area contributed by atoms with E-state index in [1.165, 1.54) is 11.1 Å². The smallest absolute Gasteiger partial charge is 0.121 e. The molecule has 0 fully saturated rings. The summed E-state index contributed by atoms with van der Waals surface area (Å²) in [6, 6.07) is 6.43. The van der Waals surface area contributed by atoms with E-state index in [9.17, 15) is 0 Å². The lowest BCUT2D eigenvalue weighted by Gasteiger charge is -2.21. The van der Waals surface area contributed by atoms with Crippen LogP contribution in [0.5, 0.6) is 5.75 Å². The largest absolute Gasteiger partial charge is 0.496 e. The van der Waals surface area contributed by atoms with E-state index in [-0.39, 0.29) is 0 Å². The van der Waals surface area contributed by atoms with Gasteiger partial charge in [0.15, 0.2) is 0 Å². The van der Waals surface area contributed by atoms with Crippen LogP contribution in [0.25, 0.3) is 0 Å². The third kappa shape index (κ3) is 2.99. The lowest BCUT2D eigenvalue weighted by molar-refractivity contribution is 0.410. The van der Waals surface area contributed by atoms with Gasteiger partial charge in [0.2, 0.25) is 0 Å². The zero-order valence-electron chi connectivity index (χ0n) is 10.8. The molecule has 0 aliphatic carbocycles. The lowest BCUT2D eigenvalue weighted by Crippen LogP contribution is -2.12. The number of ether oxygens (including phenoxy) is 1. The van der Waals surface area contributed by atoms with Gasteiger partial charge in [-0.1, -0.05) is 26.0 Å². The third-order valence-electron chi connectivity index (χ3n) is 3.13. The Labute approximate surface area is 98.8 Å². The first-order chi connectivity index (χ1) is 7.60. The number of hydrogen-bond donors (Lipinski definition) is 1. The van der Waals surface area contributed by atoms with Crippen LogP contribution in [-0.2, 0) is 0 Å². The maximum absolute atomic E-state index is 5.67. The zero-order valence-corrected chi connectivity index (χ0v) is 10.8. The molecule has 1 unspecified atom stereocenters. The highest BCUT2D eigenvalue weighted by Crippen LogP contribution is 2.30. The lowest BCUT2D eigenvalue weighted by atomic mass is 9.85. The Bertz CT molecular complexity index is 334. The van der Waals surface area contributed by atoms with Crippen molar-refractivity contribution >= 4 is 0 Å². The van der Waals surface area contributed by atoms with Gasteiger partial charge in [0.1, 0.15) is 5.75 Å². The number of nitrogens with two attached hydrogens (primary N) is 1. The molecule has 0 spiro atoms. The molecule has 0 bridgehead atoms. The molecule has 0 aromatic heterocycles. The average Bonchev–Trinajstić information content (AvgIpc) is 2.25. The van der Waals surface area contributed by atoms with Crippen LogP contribution in [0.4, 0.5) is 0 Å². The van der Waals surface area contributed by atoms with Crippen molar-refractivity contribution in [3.05, 3.63) is 29.3 Å². The van der Waals surface area contributed by atoms with Crippen LogP contribution < -0.4 is 10.5 Å². The standard InChI is InChI=1S/C14H23NO/c1-10(2)13(7-8-15)12-5-6-14(16-4)11(3)9-12/h5-6,9-10,13H,7-8,15H2,1-4H3. The molecule has 0 aliphatic heterocycles. The molecule has 16 heavy (non-hydrogen) atoms. The minimum absolute atomic E-state index is 0.551. The fourth-order valence-electron chi connectivity index (χ4n) is 2.20. The van der Waals surface area contributed by atoms with Gasteiger partial charge in [-0.25, -0.2) is 0 Å². The molecule has 0 radical (unpaired) electrons. The van der Waals surface area contributed by atoms with Crippen molar-refractivity contribution in [3.8, 4) is 5.75 Å². The van der Waals surface area contributed by atoms with Crippen molar-refractivity contribution in [3.63, 3.8) is 0 Å². The van der Waals surface area contributed by atoms with E-state index < -0.39 is 0 Å². The summed E-state index contributed by atoms with van der Waals surface area (Å²) in [5.74, 6) is 2.13. The maximum Gasteiger partial charge on any atom is 0.121 e. The van der Waals surface area contributed by atoms with Gasteiger partial charge in [0.25, 0.3) is 0 Å². The van der Waals surface area contributed by atoms with E-state index in [0.717, 1.165) is 18.7 Å². The van der Waals surface area contributed by atoms with Crippen molar-refractivity contribution in [1.29, 1.82) is 0 Å². The number of benzene rings is 1. The van der Waals surface area contributed by atoms with E-state index in [2.05, 4.69) is 39.0 Å². The van der Waals surface area contributed by atoms with Crippen LogP contribution in [-0.4, -0.2) is 13.7 Å². The molecule has 0 heterocycles. The highest BCUT2D eigenvalue weighted by molar-refractivity contribution is 5.37. The van der Waals surface area contributed by atoms with Crippen molar-refractivity contribution in [2.75, 3.05) is 13.7 Å². The Morgan fingerprint density at radius 3 is 2.44 bits per heavy atom. The first-order valence-corrected chi connectivity index (χ1v) is 5.94. The average molecular weight is 221 g/mol. The second-order valence-corrected chi connectivity index (χ2v) is 4.66. The number of aryl methyl sites for hydroxylation is 1. The molecule has 90 valence electrons. The predicted octanol–water partition coefficient (Wildman–Crippen LogP) is 3.09. The van der Waals surface area contributed by atoms with Crippen LogP contribution in [0, 0.1) is 12.8 Å². The van der Waals surface area contributed by atoms with E-state index in [1.807, 2.05) is 0 Å². The molecule has 1 aromatic rings. The summed E-state index contributed by atoms with van der Waals surface area (Å²) in [6.45, 7) is 7.33. The summed E-state index contributed by atoms with van der Waals surface area (Å²) in [7, 11) is 1.71. The maximum atomic E-state index is 5.67. The van der Waals surface area contributed by atoms with Crippen molar-refractivity contribution in [2.45, 2.75) is 33.1 Å². The molecule has 2 heteroatoms. The first-order valence-electron chi connectivity index (χ1n) is 5.94. The second kappa shape index (κ2) is 5.90. The third-order valence-corrected chi connectivity index (χ3v) is 3.13. The Balaban J connectivity index is 2.97. The van der Waals surface area contributed by atoms with E-state index in [4.69, 9.17) is 10.5 Å². The van der Waals surface area contributed by atoms with E-state index in [1.54, 1.807) is 7.11 Å². The number of methoxy groups -OCH3 is 1. The van der Waals surface area contributed by atoms with Crippen LogP contribution in [0.15, 0.2) is 18.2 Å². The van der Waals surface area contributed by atoms with Gasteiger partial charge in [-0.2, -0.15) is 0 Å². The Morgan fingerprint density at radius 1 is 1.31 bits per heavy atom. The van der Waals surface area contributed by atoms with Crippen molar-refractivity contribution in [2.24, 2.45) is 11.7 Å². The highest BCUT2D eigenvalue weighted by atomic mass is 16.5. The molecule has 0 aliphatic rings. The molecule has 1 aromatic carbocycles. The molecule has 0 saturated heterocycles. The monoisotopic (exact) mass is 221 g/mol. The fourth-order valence-corrected chi connectivity index (χ4v) is 2.20. The zero-order chi connectivity index (χ0) is 12.1. The molecular formula is C14H23NO. The summed E-state index contributed by atoms with van der Waals surface area (Å²) >= 11 is 0. The van der Waals surface area contributed by atoms with Gasteiger partial charge in [0, 0.05) is 0 Å². The quantitative estimate of drug-likeness (QED) is 0.829. The van der Waals surface area contributed by atoms with Crippen molar-refractivity contribution in [1.82, 2.24) is 0 Å². The molecule has 2 N–H and O–H groups in total. The summed E-state index contributed by atoms with van der Waals surface area (Å²) in [6.07, 6.45) is 1.05. The predicted molar refractivity (Wildman–Crippen MR) is 69.0 cm³/mol. The molecular weight excluding hydrogens is 198 g/mol. The second-order valence-electron chi connectivity index (χ2n) is 4.66. The first kappa shape index (κ1) is 13.0. The van der Waals surface area contributed by atoms with E-state index >= 15 is 0 Å². The van der Waals surface area contributed by atoms with E-state index in [0.29, 0.717) is 11.8 Å². The summed E-state index contributed by atoms with van der Waals surface area (Å²) in [4.78, 5) is 0. The summed E-state index contributed by atoms with van der Waals surface area (Å²) in [5.41, 5.74) is 8.24. The van der Waals surface area contributed by atoms with Crippen molar-refractivity contribution < 1.29 is 4.74 Å². The Hall–Kier alpha value is -1.02. The van der Waals surface area contributed by atoms with Gasteiger partial charge in [-0.05, 0) is 48.9 Å². The minimum Gasteiger partial charge on any atom is -0.496 e. The van der Waals surface area contributed by atoms with Gasteiger partial charge < -0.3 is 10.5 Å². The van der Waals surface area contributed by atoms with Crippen LogP contribution in [0.2, 0.25) is 0 Å². The molecule has 1 rings (SSSR count). The SMILES string of the molecule is COc1ccc(C(CCN)C(C)C)cc1C. The topological polar surface area (TPSA) is 35.2 Å². The molecule has 2 nitrogen and oxygen atoms in total. The summed E-state index contributed by atoms with van der Waals surface area (Å²) < 4.78 is 5.28. The van der Waals surface area contributed by atoms with Crippen LogP contribution in [0.1, 0.15) is 37.3 Å². The Morgan fingerprint density at radius 2 is 2.00 bits per heavy atom. The van der Waals surface area contributed by atoms with Gasteiger partial charge >= 0.3 is 0 Å². The molecule has 0 saturated carbocycles. The Kier molecular flexibility index (Phi) is 4.81. The summed E-state index contributed by atoms with van der Waals surface area (Å²) in [5, 5.41) is 0. The highest BCUT2D eigenvalue weighted by Gasteiger charge is 2.15. The van der Waals surface area contributed by atoms with Gasteiger partial charge in [-0.3, -0.25) is 0 Å².